The number of benzene rings is 1. The van der Waals surface area contributed by atoms with E-state index in [1.165, 1.54) is 11.3 Å². The Morgan fingerprint density at radius 1 is 1.14 bits per heavy atom. The lowest BCUT2D eigenvalue weighted by molar-refractivity contribution is -0.140. The van der Waals surface area contributed by atoms with Gasteiger partial charge in [-0.25, -0.2) is 13.8 Å². The summed E-state index contributed by atoms with van der Waals surface area (Å²) in [6, 6.07) is 7.85. The number of halogens is 2. The highest BCUT2D eigenvalue weighted by Crippen LogP contribution is 2.65. The summed E-state index contributed by atoms with van der Waals surface area (Å²) in [5, 5.41) is 6.91. The number of carbonyl (C=O) groups excluding carboxylic acids is 4. The third-order valence-electron chi connectivity index (χ3n) is 6.91. The molecule has 2 aliphatic rings. The zero-order valence-corrected chi connectivity index (χ0v) is 20.0. The van der Waals surface area contributed by atoms with E-state index >= 15 is 0 Å². The van der Waals surface area contributed by atoms with Gasteiger partial charge in [0.2, 0.25) is 11.7 Å². The molecule has 10 heteroatoms. The molecule has 1 aromatic carbocycles. The van der Waals surface area contributed by atoms with Crippen molar-refractivity contribution < 1.29 is 28.0 Å². The Bertz CT molecular complexity index is 1080. The minimum Gasteiger partial charge on any atom is -0.345 e. The molecule has 0 radical (unpaired) electrons. The molecule has 0 aliphatic heterocycles. The standard InChI is InChI=1S/C25H27F2N3O4S/c1-14(7-21(31)16-9-18-19(10-16)25(18,26)27)23(33)30-20(8-15-5-3-2-4-6-15)22(32)24(34)28-11-17-12-35-13-29-17/h2-6,12-14,16,18-20H,7-11H2,1H3,(H,28,34)(H,30,33)/t14-,16?,18-,19+,20+/m0/s1. The van der Waals surface area contributed by atoms with E-state index in [0.717, 1.165) is 5.56 Å². The van der Waals surface area contributed by atoms with E-state index in [1.54, 1.807) is 42.1 Å². The molecule has 7 nitrogen and oxygen atoms in total. The number of nitrogens with zero attached hydrogens (tertiary/aromatic N) is 1. The fraction of sp³-hybridized carbons (Fsp3) is 0.480. The molecule has 2 N–H and O–H groups in total. The van der Waals surface area contributed by atoms with Gasteiger partial charge in [0.25, 0.3) is 11.8 Å². The molecule has 2 aromatic rings. The highest BCUT2D eigenvalue weighted by atomic mass is 32.1. The van der Waals surface area contributed by atoms with Crippen LogP contribution in [-0.2, 0) is 32.1 Å². The Balaban J connectivity index is 1.35. The molecule has 1 unspecified atom stereocenters. The number of alkyl halides is 2. The molecule has 2 fully saturated rings. The van der Waals surface area contributed by atoms with Crippen LogP contribution in [0.1, 0.15) is 37.4 Å². The zero-order valence-electron chi connectivity index (χ0n) is 19.2. The van der Waals surface area contributed by atoms with Crippen LogP contribution in [0.3, 0.4) is 0 Å². The first kappa shape index (κ1) is 25.1. The van der Waals surface area contributed by atoms with Crippen molar-refractivity contribution in [2.75, 3.05) is 0 Å². The summed E-state index contributed by atoms with van der Waals surface area (Å²) in [5.41, 5.74) is 2.99. The van der Waals surface area contributed by atoms with Crippen molar-refractivity contribution in [3.8, 4) is 0 Å². The number of thiazole rings is 1. The molecule has 186 valence electrons. The highest BCUT2D eigenvalue weighted by Gasteiger charge is 2.72. The molecule has 1 aromatic heterocycles. The van der Waals surface area contributed by atoms with Crippen LogP contribution in [-0.4, -0.2) is 40.3 Å². The van der Waals surface area contributed by atoms with Gasteiger partial charge in [-0.15, -0.1) is 11.3 Å². The summed E-state index contributed by atoms with van der Waals surface area (Å²) in [5.74, 6) is -7.65. The first-order valence-electron chi connectivity index (χ1n) is 11.6. The van der Waals surface area contributed by atoms with Crippen molar-refractivity contribution in [2.24, 2.45) is 23.7 Å². The Morgan fingerprint density at radius 2 is 1.83 bits per heavy atom. The number of carbonyl (C=O) groups is 4. The molecule has 0 saturated heterocycles. The summed E-state index contributed by atoms with van der Waals surface area (Å²) in [7, 11) is 0. The van der Waals surface area contributed by atoms with Crippen molar-refractivity contribution in [3.05, 3.63) is 52.5 Å². The number of aromatic nitrogens is 1. The lowest BCUT2D eigenvalue weighted by atomic mass is 9.90. The number of nitrogens with one attached hydrogen (secondary N) is 2. The van der Waals surface area contributed by atoms with Crippen LogP contribution in [0.15, 0.2) is 41.2 Å². The van der Waals surface area contributed by atoms with Gasteiger partial charge in [-0.05, 0) is 18.4 Å². The number of amides is 2. The summed E-state index contributed by atoms with van der Waals surface area (Å²) in [6.07, 6.45) is 0.347. The second-order valence-electron chi connectivity index (χ2n) is 9.40. The maximum absolute atomic E-state index is 13.4. The van der Waals surface area contributed by atoms with Gasteiger partial charge in [-0.3, -0.25) is 19.2 Å². The Labute approximate surface area is 205 Å². The smallest absolute Gasteiger partial charge is 0.289 e. The van der Waals surface area contributed by atoms with Gasteiger partial charge in [-0.1, -0.05) is 37.3 Å². The van der Waals surface area contributed by atoms with E-state index in [2.05, 4.69) is 15.6 Å². The van der Waals surface area contributed by atoms with Crippen molar-refractivity contribution in [1.29, 1.82) is 0 Å². The van der Waals surface area contributed by atoms with Crippen LogP contribution in [0, 0.1) is 23.7 Å². The Morgan fingerprint density at radius 3 is 2.46 bits per heavy atom. The summed E-state index contributed by atoms with van der Waals surface area (Å²) < 4.78 is 26.8. The predicted molar refractivity (Wildman–Crippen MR) is 124 cm³/mol. The molecule has 5 atom stereocenters. The van der Waals surface area contributed by atoms with Gasteiger partial charge in [0.1, 0.15) is 11.8 Å². The predicted octanol–water partition coefficient (Wildman–Crippen LogP) is 2.94. The van der Waals surface area contributed by atoms with Gasteiger partial charge in [-0.2, -0.15) is 0 Å². The SMILES string of the molecule is C[C@@H](CC(=O)C1C[C@@H]2[C@H](C1)C2(F)F)C(=O)N[C@H](Cc1ccccc1)C(=O)C(=O)NCc1cscn1. The fourth-order valence-electron chi connectivity index (χ4n) is 4.75. The Kier molecular flexibility index (Phi) is 7.39. The number of fused-ring (bicyclic) bond motifs is 1. The molecule has 1 heterocycles. The van der Waals surface area contributed by atoms with Gasteiger partial charge in [0.15, 0.2) is 0 Å². The third-order valence-corrected chi connectivity index (χ3v) is 7.54. The first-order chi connectivity index (χ1) is 16.7. The molecule has 2 saturated carbocycles. The van der Waals surface area contributed by atoms with Crippen LogP contribution in [0.5, 0.6) is 0 Å². The van der Waals surface area contributed by atoms with E-state index in [0.29, 0.717) is 5.69 Å². The lowest BCUT2D eigenvalue weighted by Crippen LogP contribution is -2.50. The van der Waals surface area contributed by atoms with Gasteiger partial charge in [0, 0.05) is 41.9 Å². The minimum absolute atomic E-state index is 0.0907. The van der Waals surface area contributed by atoms with Crippen LogP contribution >= 0.6 is 11.3 Å². The van der Waals surface area contributed by atoms with E-state index in [9.17, 15) is 28.0 Å². The number of hydrogen-bond acceptors (Lipinski definition) is 6. The van der Waals surface area contributed by atoms with E-state index in [4.69, 9.17) is 0 Å². The number of hydrogen-bond donors (Lipinski definition) is 2. The maximum Gasteiger partial charge on any atom is 0.289 e. The molecule has 0 spiro atoms. The van der Waals surface area contributed by atoms with Crippen molar-refractivity contribution in [1.82, 2.24) is 15.6 Å². The first-order valence-corrected chi connectivity index (χ1v) is 12.5. The van der Waals surface area contributed by atoms with Crippen LogP contribution < -0.4 is 10.6 Å². The second kappa shape index (κ2) is 10.3. The summed E-state index contributed by atoms with van der Waals surface area (Å²) in [4.78, 5) is 54.9. The maximum atomic E-state index is 13.4. The van der Waals surface area contributed by atoms with Gasteiger partial charge >= 0.3 is 0 Å². The zero-order chi connectivity index (χ0) is 25.2. The second-order valence-corrected chi connectivity index (χ2v) is 10.1. The third kappa shape index (κ3) is 5.80. The highest BCUT2D eigenvalue weighted by molar-refractivity contribution is 7.07. The number of Topliss-reactive ketones (excluding diaryl/α,β-unsaturated/α-hetero) is 2. The largest absolute Gasteiger partial charge is 0.345 e. The van der Waals surface area contributed by atoms with Gasteiger partial charge in [0.05, 0.1) is 17.7 Å². The van der Waals surface area contributed by atoms with Gasteiger partial charge < -0.3 is 10.6 Å². The topological polar surface area (TPSA) is 105 Å². The average molecular weight is 504 g/mol. The fourth-order valence-corrected chi connectivity index (χ4v) is 5.31. The van der Waals surface area contributed by atoms with Crippen LogP contribution in [0.25, 0.3) is 0 Å². The van der Waals surface area contributed by atoms with Crippen molar-refractivity contribution in [2.45, 2.75) is 51.1 Å². The molecular weight excluding hydrogens is 476 g/mol. The van der Waals surface area contributed by atoms with Crippen molar-refractivity contribution >= 4 is 34.7 Å². The molecule has 4 rings (SSSR count). The monoisotopic (exact) mass is 503 g/mol. The average Bonchev–Trinajstić information content (AvgIpc) is 3.33. The molecule has 2 aliphatic carbocycles. The molecule has 35 heavy (non-hydrogen) atoms. The van der Waals surface area contributed by atoms with Crippen LogP contribution in [0.2, 0.25) is 0 Å². The lowest BCUT2D eigenvalue weighted by Gasteiger charge is -2.21. The van der Waals surface area contributed by atoms with E-state index in [-0.39, 0.29) is 38.0 Å². The van der Waals surface area contributed by atoms with Crippen LogP contribution in [0.4, 0.5) is 8.78 Å². The summed E-state index contributed by atoms with van der Waals surface area (Å²) >= 11 is 1.37. The van der Waals surface area contributed by atoms with Crippen molar-refractivity contribution in [3.63, 3.8) is 0 Å². The minimum atomic E-state index is -2.65. The normalized spacial score (nSPS) is 23.6. The molecular formula is C25H27F2N3O4S. The number of ketones is 2. The summed E-state index contributed by atoms with van der Waals surface area (Å²) in [6.45, 7) is 1.65. The molecule has 0 bridgehead atoms. The van der Waals surface area contributed by atoms with E-state index < -0.39 is 53.2 Å². The number of rotatable bonds is 11. The Hall–Kier alpha value is -3.01. The quantitative estimate of drug-likeness (QED) is 0.459. The van der Waals surface area contributed by atoms with E-state index in [1.807, 2.05) is 6.07 Å². The molecule has 2 amide bonds.